The molecule has 1 N–H and O–H groups in total. The number of fused-ring (bicyclic) bond motifs is 1. The quantitative estimate of drug-likeness (QED) is 0.457. The number of pyridine rings is 2. The van der Waals surface area contributed by atoms with Crippen LogP contribution in [0.25, 0.3) is 22.3 Å². The second-order valence-electron chi connectivity index (χ2n) is 8.75. The summed E-state index contributed by atoms with van der Waals surface area (Å²) in [5.74, 6) is 0.637. The molecule has 4 aromatic rings. The largest absolute Gasteiger partial charge is 0.481 e. The van der Waals surface area contributed by atoms with E-state index in [0.29, 0.717) is 34.8 Å². The molecule has 0 radical (unpaired) electrons. The van der Waals surface area contributed by atoms with Crippen LogP contribution in [-0.4, -0.2) is 51.8 Å². The van der Waals surface area contributed by atoms with Crippen LogP contribution in [-0.2, 0) is 6.42 Å². The zero-order chi connectivity index (χ0) is 22.8. The molecule has 0 spiro atoms. The van der Waals surface area contributed by atoms with E-state index in [2.05, 4.69) is 62.3 Å². The minimum atomic E-state index is -0.306. The lowest BCUT2D eigenvalue weighted by atomic mass is 9.93. The fourth-order valence-electron chi connectivity index (χ4n) is 4.58. The smallest absolute Gasteiger partial charge is 0.213 e. The maximum Gasteiger partial charge on any atom is 0.213 e. The normalized spacial score (nSPS) is 15.2. The van der Waals surface area contributed by atoms with E-state index < -0.39 is 0 Å². The van der Waals surface area contributed by atoms with Crippen LogP contribution in [0.15, 0.2) is 48.7 Å². The maximum absolute atomic E-state index is 14.6. The van der Waals surface area contributed by atoms with Crippen LogP contribution in [0, 0.1) is 12.7 Å². The monoisotopic (exact) mass is 445 g/mol. The van der Waals surface area contributed by atoms with E-state index in [-0.39, 0.29) is 5.82 Å². The Bertz CT molecular complexity index is 1250. The highest BCUT2D eigenvalue weighted by Crippen LogP contribution is 2.30. The van der Waals surface area contributed by atoms with E-state index in [1.807, 2.05) is 6.07 Å². The van der Waals surface area contributed by atoms with Gasteiger partial charge in [-0.25, -0.2) is 9.37 Å². The minimum Gasteiger partial charge on any atom is -0.481 e. The van der Waals surface area contributed by atoms with Gasteiger partial charge in [0.05, 0.1) is 30.0 Å². The lowest BCUT2D eigenvalue weighted by molar-refractivity contribution is 0.212. The van der Waals surface area contributed by atoms with Gasteiger partial charge in [0.15, 0.2) is 0 Å². The molecule has 0 unspecified atom stereocenters. The molecule has 170 valence electrons. The summed E-state index contributed by atoms with van der Waals surface area (Å²) in [6, 6.07) is 14.2. The Morgan fingerprint density at radius 1 is 1.12 bits per heavy atom. The second-order valence-corrected chi connectivity index (χ2v) is 8.75. The molecule has 0 aliphatic carbocycles. The zero-order valence-electron chi connectivity index (χ0n) is 19.0. The van der Waals surface area contributed by atoms with Gasteiger partial charge in [-0.2, -0.15) is 5.10 Å². The number of nitrogens with one attached hydrogen (secondary N) is 1. The Labute approximate surface area is 192 Å². The van der Waals surface area contributed by atoms with E-state index in [1.54, 1.807) is 13.2 Å². The number of ether oxygens (including phenoxy) is 1. The summed E-state index contributed by atoms with van der Waals surface area (Å²) in [6.45, 7) is 4.83. The third-order valence-electron chi connectivity index (χ3n) is 6.60. The van der Waals surface area contributed by atoms with Crippen molar-refractivity contribution in [3.8, 4) is 17.1 Å². The summed E-state index contributed by atoms with van der Waals surface area (Å²) in [5, 5.41) is 7.79. The molecule has 5 rings (SSSR count). The first-order chi connectivity index (χ1) is 16.1. The second kappa shape index (κ2) is 9.27. The van der Waals surface area contributed by atoms with Crippen LogP contribution >= 0.6 is 0 Å². The summed E-state index contributed by atoms with van der Waals surface area (Å²) in [6.07, 6.45) is 4.00. The van der Waals surface area contributed by atoms with Crippen LogP contribution in [0.5, 0.6) is 5.88 Å². The molecule has 6 nitrogen and oxygen atoms in total. The Morgan fingerprint density at radius 2 is 1.91 bits per heavy atom. The molecule has 4 heterocycles. The minimum absolute atomic E-state index is 0.306. The van der Waals surface area contributed by atoms with Gasteiger partial charge in [-0.05, 0) is 51.4 Å². The van der Waals surface area contributed by atoms with Gasteiger partial charge in [-0.1, -0.05) is 29.8 Å². The van der Waals surface area contributed by atoms with Gasteiger partial charge in [0, 0.05) is 35.3 Å². The fraction of sp³-hybridized carbons (Fsp3) is 0.346. The predicted molar refractivity (Wildman–Crippen MR) is 127 cm³/mol. The van der Waals surface area contributed by atoms with Gasteiger partial charge in [0.25, 0.3) is 0 Å². The van der Waals surface area contributed by atoms with Crippen molar-refractivity contribution in [3.63, 3.8) is 0 Å². The third kappa shape index (κ3) is 4.59. The molecular formula is C26H28FN5O. The predicted octanol–water partition coefficient (Wildman–Crippen LogP) is 4.90. The lowest BCUT2D eigenvalue weighted by Gasteiger charge is -2.31. The van der Waals surface area contributed by atoms with Crippen molar-refractivity contribution in [2.75, 3.05) is 26.7 Å². The Balaban J connectivity index is 1.21. The number of halogens is 1. The highest BCUT2D eigenvalue weighted by atomic mass is 19.1. The Morgan fingerprint density at radius 3 is 2.67 bits per heavy atom. The van der Waals surface area contributed by atoms with E-state index in [9.17, 15) is 4.39 Å². The number of H-pyrrole nitrogens is 1. The highest BCUT2D eigenvalue weighted by molar-refractivity contribution is 5.78. The Kier molecular flexibility index (Phi) is 6.05. The number of rotatable bonds is 6. The highest BCUT2D eigenvalue weighted by Gasteiger charge is 2.23. The molecule has 1 aliphatic heterocycles. The van der Waals surface area contributed by atoms with Gasteiger partial charge >= 0.3 is 0 Å². The number of aromatic nitrogens is 4. The summed E-state index contributed by atoms with van der Waals surface area (Å²) in [5.41, 5.74) is 6.47. The van der Waals surface area contributed by atoms with Gasteiger partial charge < -0.3 is 9.64 Å². The SMILES string of the molecule is COc1ccc2ncc(F)c(CCN3CCC(c4cc(-c5ccc(C)cc5)n[nH]4)CC3)c2n1. The number of aryl methyl sites for hydroxylation is 1. The number of nitrogens with zero attached hydrogens (tertiary/aromatic N) is 4. The molecule has 33 heavy (non-hydrogen) atoms. The molecule has 0 atom stereocenters. The van der Waals surface area contributed by atoms with Crippen molar-refractivity contribution < 1.29 is 9.13 Å². The maximum atomic E-state index is 14.6. The van der Waals surface area contributed by atoms with Gasteiger partial charge in [-0.3, -0.25) is 10.1 Å². The van der Waals surface area contributed by atoms with Crippen molar-refractivity contribution in [3.05, 3.63) is 71.3 Å². The molecule has 1 aromatic carbocycles. The fourth-order valence-corrected chi connectivity index (χ4v) is 4.58. The van der Waals surface area contributed by atoms with Crippen LogP contribution in [0.3, 0.4) is 0 Å². The summed E-state index contributed by atoms with van der Waals surface area (Å²) >= 11 is 0. The molecule has 1 fully saturated rings. The van der Waals surface area contributed by atoms with E-state index in [0.717, 1.165) is 43.7 Å². The number of hydrogen-bond donors (Lipinski definition) is 1. The first-order valence-electron chi connectivity index (χ1n) is 11.4. The molecule has 0 saturated carbocycles. The van der Waals surface area contributed by atoms with E-state index in [1.165, 1.54) is 17.5 Å². The van der Waals surface area contributed by atoms with E-state index in [4.69, 9.17) is 4.74 Å². The molecule has 3 aromatic heterocycles. The topological polar surface area (TPSA) is 66.9 Å². The molecule has 0 amide bonds. The van der Waals surface area contributed by atoms with Crippen LogP contribution in [0.4, 0.5) is 4.39 Å². The van der Waals surface area contributed by atoms with Crippen LogP contribution < -0.4 is 4.74 Å². The van der Waals surface area contributed by atoms with Gasteiger partial charge in [0.2, 0.25) is 5.88 Å². The van der Waals surface area contributed by atoms with Crippen molar-refractivity contribution >= 4 is 11.0 Å². The number of likely N-dealkylation sites (tertiary alicyclic amines) is 1. The molecule has 1 aliphatic rings. The first kappa shape index (κ1) is 21.5. The standard InChI is InChI=1S/C26H28FN5O/c1-17-3-5-18(6-4-17)23-15-24(31-30-23)19-9-12-32(13-10-19)14-11-20-21(27)16-28-22-7-8-25(33-2)29-26(20)22/h3-8,15-16,19H,9-14H2,1-2H3,(H,30,31). The molecular weight excluding hydrogens is 417 g/mol. The summed E-state index contributed by atoms with van der Waals surface area (Å²) in [7, 11) is 1.56. The lowest BCUT2D eigenvalue weighted by Crippen LogP contribution is -2.34. The van der Waals surface area contributed by atoms with Crippen LogP contribution in [0.1, 0.15) is 35.6 Å². The van der Waals surface area contributed by atoms with Crippen molar-refractivity contribution in [1.82, 2.24) is 25.1 Å². The third-order valence-corrected chi connectivity index (χ3v) is 6.60. The van der Waals surface area contributed by atoms with E-state index >= 15 is 0 Å². The molecule has 7 heteroatoms. The average molecular weight is 446 g/mol. The summed E-state index contributed by atoms with van der Waals surface area (Å²) in [4.78, 5) is 11.0. The average Bonchev–Trinajstić information content (AvgIpc) is 3.34. The number of methoxy groups -OCH3 is 1. The first-order valence-corrected chi connectivity index (χ1v) is 11.4. The zero-order valence-corrected chi connectivity index (χ0v) is 19.0. The molecule has 0 bridgehead atoms. The number of benzene rings is 1. The number of aromatic amines is 1. The molecule has 1 saturated heterocycles. The number of hydrogen-bond acceptors (Lipinski definition) is 5. The number of piperidine rings is 1. The van der Waals surface area contributed by atoms with Gasteiger partial charge in [0.1, 0.15) is 5.82 Å². The van der Waals surface area contributed by atoms with Crippen LogP contribution in [0.2, 0.25) is 0 Å². The van der Waals surface area contributed by atoms with Crippen molar-refractivity contribution in [2.24, 2.45) is 0 Å². The van der Waals surface area contributed by atoms with Crippen molar-refractivity contribution in [2.45, 2.75) is 32.1 Å². The summed E-state index contributed by atoms with van der Waals surface area (Å²) < 4.78 is 19.8. The van der Waals surface area contributed by atoms with Crippen molar-refractivity contribution in [1.29, 1.82) is 0 Å². The van der Waals surface area contributed by atoms with Gasteiger partial charge in [-0.15, -0.1) is 0 Å². The Hall–Kier alpha value is -3.32.